The van der Waals surface area contributed by atoms with Crippen LogP contribution in [0, 0.1) is 6.92 Å². The minimum absolute atomic E-state index is 0.183. The summed E-state index contributed by atoms with van der Waals surface area (Å²) < 4.78 is 27.6. The van der Waals surface area contributed by atoms with E-state index in [0.29, 0.717) is 11.3 Å². The van der Waals surface area contributed by atoms with Crippen molar-refractivity contribution >= 4 is 35.7 Å². The van der Waals surface area contributed by atoms with Gasteiger partial charge >= 0.3 is 0 Å². The van der Waals surface area contributed by atoms with E-state index in [2.05, 4.69) is 15.9 Å². The highest BCUT2D eigenvalue weighted by molar-refractivity contribution is 9.10. The van der Waals surface area contributed by atoms with E-state index in [1.165, 1.54) is 0 Å². The van der Waals surface area contributed by atoms with Gasteiger partial charge in [-0.25, -0.2) is 8.42 Å². The monoisotopic (exact) mass is 312 g/mol. The first kappa shape index (κ1) is 12.8. The van der Waals surface area contributed by atoms with Gasteiger partial charge in [0.1, 0.15) is 5.75 Å². The summed E-state index contributed by atoms with van der Waals surface area (Å²) in [6.07, 6.45) is 0. The second-order valence-corrected chi connectivity index (χ2v) is 6.74. The number of aryl methyl sites for hydroxylation is 1. The normalized spacial score (nSPS) is 11.5. The molecule has 0 aliphatic carbocycles. The molecular weight excluding hydrogens is 304 g/mol. The van der Waals surface area contributed by atoms with Crippen LogP contribution in [0.1, 0.15) is 11.1 Å². The van der Waals surface area contributed by atoms with E-state index in [1.54, 1.807) is 19.2 Å². The molecule has 6 heteroatoms. The van der Waals surface area contributed by atoms with E-state index in [4.69, 9.17) is 15.4 Å². The molecule has 0 radical (unpaired) electrons. The summed E-state index contributed by atoms with van der Waals surface area (Å²) in [7, 11) is 3.21. The first-order valence-corrected chi connectivity index (χ1v) is 7.36. The average Bonchev–Trinajstić information content (AvgIpc) is 1.99. The smallest absolute Gasteiger partial charge is 0.236 e. The lowest BCUT2D eigenvalue weighted by atomic mass is 10.1. The Kier molecular flexibility index (Phi) is 4.03. The van der Waals surface area contributed by atoms with Gasteiger partial charge in [0.2, 0.25) is 9.05 Å². The molecule has 0 fully saturated rings. The van der Waals surface area contributed by atoms with Gasteiger partial charge in [-0.15, -0.1) is 0 Å². The lowest BCUT2D eigenvalue weighted by Gasteiger charge is -2.09. The molecule has 0 amide bonds. The Bertz CT molecular complexity index is 447. The van der Waals surface area contributed by atoms with Crippen molar-refractivity contribution in [3.05, 3.63) is 27.7 Å². The van der Waals surface area contributed by atoms with Crippen LogP contribution in [0.2, 0.25) is 0 Å². The Labute approximate surface area is 102 Å². The minimum atomic E-state index is -3.52. The molecule has 15 heavy (non-hydrogen) atoms. The van der Waals surface area contributed by atoms with Gasteiger partial charge in [-0.1, -0.05) is 6.07 Å². The van der Waals surface area contributed by atoms with Gasteiger partial charge < -0.3 is 4.74 Å². The number of benzene rings is 1. The molecular formula is C9H10BrClO3S. The van der Waals surface area contributed by atoms with Crippen molar-refractivity contribution in [3.8, 4) is 5.75 Å². The summed E-state index contributed by atoms with van der Waals surface area (Å²) in [5, 5.41) is 0. The SMILES string of the molecule is COc1c(C)cc(CS(=O)(=O)Cl)cc1Br. The summed E-state index contributed by atoms with van der Waals surface area (Å²) in [6.45, 7) is 1.84. The van der Waals surface area contributed by atoms with Crippen molar-refractivity contribution in [1.82, 2.24) is 0 Å². The van der Waals surface area contributed by atoms with Crippen LogP contribution in [0.3, 0.4) is 0 Å². The van der Waals surface area contributed by atoms with Crippen molar-refractivity contribution in [2.75, 3.05) is 7.11 Å². The van der Waals surface area contributed by atoms with Gasteiger partial charge in [-0.05, 0) is 40.0 Å². The molecule has 0 saturated heterocycles. The number of ether oxygens (including phenoxy) is 1. The summed E-state index contributed by atoms with van der Waals surface area (Å²) in [4.78, 5) is 0. The molecule has 0 heterocycles. The molecule has 0 N–H and O–H groups in total. The predicted octanol–water partition coefficient (Wildman–Crippen LogP) is 2.83. The zero-order valence-electron chi connectivity index (χ0n) is 8.25. The number of rotatable bonds is 3. The third-order valence-corrected chi connectivity index (χ3v) is 3.43. The van der Waals surface area contributed by atoms with Crippen molar-refractivity contribution in [2.45, 2.75) is 12.7 Å². The summed E-state index contributed by atoms with van der Waals surface area (Å²) in [6, 6.07) is 3.43. The van der Waals surface area contributed by atoms with E-state index in [0.717, 1.165) is 10.0 Å². The quantitative estimate of drug-likeness (QED) is 0.806. The molecule has 1 rings (SSSR count). The zero-order valence-corrected chi connectivity index (χ0v) is 11.4. The third kappa shape index (κ3) is 3.66. The Balaban J connectivity index is 3.15. The van der Waals surface area contributed by atoms with Crippen molar-refractivity contribution in [1.29, 1.82) is 0 Å². The maximum absolute atomic E-state index is 10.9. The van der Waals surface area contributed by atoms with Crippen LogP contribution in [0.4, 0.5) is 0 Å². The van der Waals surface area contributed by atoms with Crippen LogP contribution in [0.15, 0.2) is 16.6 Å². The Morgan fingerprint density at radius 3 is 2.47 bits per heavy atom. The fourth-order valence-electron chi connectivity index (χ4n) is 1.34. The Morgan fingerprint density at radius 2 is 2.07 bits per heavy atom. The second-order valence-electron chi connectivity index (χ2n) is 3.11. The predicted molar refractivity (Wildman–Crippen MR) is 63.9 cm³/mol. The number of hydrogen-bond donors (Lipinski definition) is 0. The molecule has 0 atom stereocenters. The lowest BCUT2D eigenvalue weighted by Crippen LogP contribution is -1.97. The van der Waals surface area contributed by atoms with Crippen LogP contribution in [-0.4, -0.2) is 15.5 Å². The third-order valence-electron chi connectivity index (χ3n) is 1.83. The van der Waals surface area contributed by atoms with Gasteiger partial charge in [-0.2, -0.15) is 0 Å². The molecule has 84 valence electrons. The van der Waals surface area contributed by atoms with Crippen LogP contribution in [0.25, 0.3) is 0 Å². The molecule has 0 aromatic heterocycles. The van der Waals surface area contributed by atoms with Crippen LogP contribution in [0.5, 0.6) is 5.75 Å². The van der Waals surface area contributed by atoms with E-state index in [9.17, 15) is 8.42 Å². The van der Waals surface area contributed by atoms with E-state index >= 15 is 0 Å². The largest absolute Gasteiger partial charge is 0.495 e. The molecule has 0 unspecified atom stereocenters. The highest BCUT2D eigenvalue weighted by atomic mass is 79.9. The van der Waals surface area contributed by atoms with E-state index < -0.39 is 9.05 Å². The lowest BCUT2D eigenvalue weighted by molar-refractivity contribution is 0.409. The van der Waals surface area contributed by atoms with Gasteiger partial charge in [0.25, 0.3) is 0 Å². The van der Waals surface area contributed by atoms with Crippen molar-refractivity contribution in [3.63, 3.8) is 0 Å². The van der Waals surface area contributed by atoms with Crippen LogP contribution in [-0.2, 0) is 14.8 Å². The fraction of sp³-hybridized carbons (Fsp3) is 0.333. The van der Waals surface area contributed by atoms with Crippen molar-refractivity contribution < 1.29 is 13.2 Å². The summed E-state index contributed by atoms with van der Waals surface area (Å²) >= 11 is 3.30. The van der Waals surface area contributed by atoms with Crippen LogP contribution >= 0.6 is 26.6 Å². The Hall–Kier alpha value is -0.260. The van der Waals surface area contributed by atoms with Gasteiger partial charge in [-0.3, -0.25) is 0 Å². The number of halogens is 2. The zero-order chi connectivity index (χ0) is 11.6. The summed E-state index contributed by atoms with van der Waals surface area (Å²) in [5.74, 6) is 0.517. The van der Waals surface area contributed by atoms with Gasteiger partial charge in [0, 0.05) is 10.7 Å². The average molecular weight is 314 g/mol. The second kappa shape index (κ2) is 4.72. The molecule has 0 aliphatic rings. The maximum atomic E-state index is 10.9. The highest BCUT2D eigenvalue weighted by Gasteiger charge is 2.11. The minimum Gasteiger partial charge on any atom is -0.495 e. The van der Waals surface area contributed by atoms with Gasteiger partial charge in [0.05, 0.1) is 17.3 Å². The summed E-state index contributed by atoms with van der Waals surface area (Å²) in [5.41, 5.74) is 1.50. The molecule has 0 spiro atoms. The van der Waals surface area contributed by atoms with Crippen molar-refractivity contribution in [2.24, 2.45) is 0 Å². The highest BCUT2D eigenvalue weighted by Crippen LogP contribution is 2.30. The van der Waals surface area contributed by atoms with Crippen LogP contribution < -0.4 is 4.74 Å². The topological polar surface area (TPSA) is 43.4 Å². The fourth-order valence-corrected chi connectivity index (χ4v) is 3.05. The number of hydrogen-bond acceptors (Lipinski definition) is 3. The molecule has 3 nitrogen and oxygen atoms in total. The Morgan fingerprint density at radius 1 is 1.47 bits per heavy atom. The van der Waals surface area contributed by atoms with Gasteiger partial charge in [0.15, 0.2) is 0 Å². The first-order chi connectivity index (χ1) is 6.83. The molecule has 0 saturated carbocycles. The molecule has 1 aromatic carbocycles. The molecule has 0 bridgehead atoms. The maximum Gasteiger partial charge on any atom is 0.236 e. The first-order valence-electron chi connectivity index (χ1n) is 4.09. The van der Waals surface area contributed by atoms with E-state index in [1.807, 2.05) is 6.92 Å². The number of methoxy groups -OCH3 is 1. The van der Waals surface area contributed by atoms with E-state index in [-0.39, 0.29) is 5.75 Å². The molecule has 0 aliphatic heterocycles. The standard InChI is InChI=1S/C9H10BrClO3S/c1-6-3-7(5-15(11,12)13)4-8(10)9(6)14-2/h3-4H,5H2,1-2H3. The molecule has 1 aromatic rings.